The van der Waals surface area contributed by atoms with Crippen molar-refractivity contribution in [3.63, 3.8) is 0 Å². The van der Waals surface area contributed by atoms with Gasteiger partial charge in [-0.25, -0.2) is 0 Å². The first-order chi connectivity index (χ1) is 8.78. The zero-order valence-electron chi connectivity index (χ0n) is 10.7. The molecule has 0 bridgehead atoms. The van der Waals surface area contributed by atoms with Crippen LogP contribution >= 0.6 is 0 Å². The fourth-order valence-corrected chi connectivity index (χ4v) is 1.77. The van der Waals surface area contributed by atoms with E-state index in [0.29, 0.717) is 5.92 Å². The van der Waals surface area contributed by atoms with Crippen LogP contribution in [-0.4, -0.2) is 0 Å². The fourth-order valence-electron chi connectivity index (χ4n) is 1.77. The van der Waals surface area contributed by atoms with E-state index in [1.54, 1.807) is 0 Å². The molecule has 2 aromatic carbocycles. The summed E-state index contributed by atoms with van der Waals surface area (Å²) in [6.07, 6.45) is 3.00. The fraction of sp³-hybridized carbons (Fsp3) is 0.176. The molecule has 0 aliphatic heterocycles. The van der Waals surface area contributed by atoms with E-state index in [1.807, 2.05) is 48.5 Å². The summed E-state index contributed by atoms with van der Waals surface area (Å²) in [5, 5.41) is 0. The van der Waals surface area contributed by atoms with Crippen LogP contribution in [0.1, 0.15) is 12.5 Å². The molecule has 0 radical (unpaired) electrons. The molecule has 1 heteroatoms. The lowest BCUT2D eigenvalue weighted by Gasteiger charge is -2.08. The summed E-state index contributed by atoms with van der Waals surface area (Å²) in [5.74, 6) is 2.24. The van der Waals surface area contributed by atoms with Crippen LogP contribution in [0.25, 0.3) is 0 Å². The summed E-state index contributed by atoms with van der Waals surface area (Å²) in [6, 6.07) is 18.1. The molecule has 0 aromatic heterocycles. The van der Waals surface area contributed by atoms with Crippen molar-refractivity contribution in [1.82, 2.24) is 0 Å². The highest BCUT2D eigenvalue weighted by Crippen LogP contribution is 2.21. The van der Waals surface area contributed by atoms with Crippen molar-refractivity contribution < 1.29 is 4.74 Å². The minimum absolute atomic E-state index is 0.505. The molecule has 18 heavy (non-hydrogen) atoms. The topological polar surface area (TPSA) is 9.23 Å². The Hall–Kier alpha value is -2.02. The minimum Gasteiger partial charge on any atom is -0.457 e. The first-order valence-electron chi connectivity index (χ1n) is 6.22. The lowest BCUT2D eigenvalue weighted by molar-refractivity contribution is 0.482. The number of hydrogen-bond donors (Lipinski definition) is 0. The Labute approximate surface area is 109 Å². The van der Waals surface area contributed by atoms with Crippen molar-refractivity contribution in [1.29, 1.82) is 0 Å². The highest BCUT2D eigenvalue weighted by molar-refractivity contribution is 5.33. The molecule has 0 aliphatic rings. The second-order valence-corrected chi connectivity index (χ2v) is 4.48. The molecule has 0 saturated heterocycles. The SMILES string of the molecule is C=CC(C)Cc1ccc(Oc2ccccc2)cc1. The Morgan fingerprint density at radius 3 is 2.22 bits per heavy atom. The van der Waals surface area contributed by atoms with Gasteiger partial charge in [-0.1, -0.05) is 43.3 Å². The van der Waals surface area contributed by atoms with E-state index in [-0.39, 0.29) is 0 Å². The summed E-state index contributed by atoms with van der Waals surface area (Å²) in [5.41, 5.74) is 1.31. The van der Waals surface area contributed by atoms with Crippen LogP contribution < -0.4 is 4.74 Å². The van der Waals surface area contributed by atoms with Gasteiger partial charge < -0.3 is 4.74 Å². The Morgan fingerprint density at radius 1 is 1.00 bits per heavy atom. The Balaban J connectivity index is 2.02. The number of allylic oxidation sites excluding steroid dienone is 1. The molecule has 0 amide bonds. The monoisotopic (exact) mass is 238 g/mol. The molecular weight excluding hydrogens is 220 g/mol. The molecule has 0 fully saturated rings. The second kappa shape index (κ2) is 6.06. The van der Waals surface area contributed by atoms with Crippen LogP contribution in [0, 0.1) is 5.92 Å². The average Bonchev–Trinajstić information content (AvgIpc) is 2.42. The number of para-hydroxylation sites is 1. The zero-order valence-corrected chi connectivity index (χ0v) is 10.7. The van der Waals surface area contributed by atoms with E-state index in [2.05, 4.69) is 25.6 Å². The van der Waals surface area contributed by atoms with Gasteiger partial charge in [0.25, 0.3) is 0 Å². The predicted octanol–water partition coefficient (Wildman–Crippen LogP) is 4.84. The van der Waals surface area contributed by atoms with Crippen LogP contribution in [0.2, 0.25) is 0 Å². The molecule has 0 saturated carbocycles. The van der Waals surface area contributed by atoms with Gasteiger partial charge in [0, 0.05) is 0 Å². The van der Waals surface area contributed by atoms with Gasteiger partial charge in [0.05, 0.1) is 0 Å². The van der Waals surface area contributed by atoms with Crippen LogP contribution in [0.5, 0.6) is 11.5 Å². The molecule has 92 valence electrons. The molecule has 0 N–H and O–H groups in total. The van der Waals surface area contributed by atoms with Crippen molar-refractivity contribution in [3.05, 3.63) is 72.8 Å². The van der Waals surface area contributed by atoms with Gasteiger partial charge in [-0.3, -0.25) is 0 Å². The van der Waals surface area contributed by atoms with E-state index in [1.165, 1.54) is 5.56 Å². The summed E-state index contributed by atoms with van der Waals surface area (Å²) in [6.45, 7) is 5.97. The lowest BCUT2D eigenvalue weighted by Crippen LogP contribution is -1.95. The van der Waals surface area contributed by atoms with Gasteiger partial charge in [0.15, 0.2) is 0 Å². The largest absolute Gasteiger partial charge is 0.457 e. The van der Waals surface area contributed by atoms with Crippen molar-refractivity contribution in [2.75, 3.05) is 0 Å². The standard InChI is InChI=1S/C17H18O/c1-3-14(2)13-15-9-11-17(12-10-15)18-16-7-5-4-6-8-16/h3-12,14H,1,13H2,2H3. The second-order valence-electron chi connectivity index (χ2n) is 4.48. The third kappa shape index (κ3) is 3.49. The predicted molar refractivity (Wildman–Crippen MR) is 76.0 cm³/mol. The molecule has 2 aromatic rings. The van der Waals surface area contributed by atoms with Crippen LogP contribution in [-0.2, 0) is 6.42 Å². The smallest absolute Gasteiger partial charge is 0.127 e. The van der Waals surface area contributed by atoms with Gasteiger partial charge in [-0.2, -0.15) is 0 Å². The molecule has 0 heterocycles. The number of rotatable bonds is 5. The molecular formula is C17H18O. The molecule has 2 rings (SSSR count). The zero-order chi connectivity index (χ0) is 12.8. The first kappa shape index (κ1) is 12.4. The molecule has 1 unspecified atom stereocenters. The molecule has 0 spiro atoms. The van der Waals surface area contributed by atoms with Crippen LogP contribution in [0.3, 0.4) is 0 Å². The molecule has 0 aliphatic carbocycles. The van der Waals surface area contributed by atoms with Gasteiger partial charge >= 0.3 is 0 Å². The quantitative estimate of drug-likeness (QED) is 0.677. The summed E-state index contributed by atoms with van der Waals surface area (Å²) < 4.78 is 5.74. The number of benzene rings is 2. The van der Waals surface area contributed by atoms with Crippen molar-refractivity contribution in [2.45, 2.75) is 13.3 Å². The Morgan fingerprint density at radius 2 is 1.61 bits per heavy atom. The van der Waals surface area contributed by atoms with Crippen molar-refractivity contribution >= 4 is 0 Å². The molecule has 1 atom stereocenters. The summed E-state index contributed by atoms with van der Waals surface area (Å²) in [4.78, 5) is 0. The van der Waals surface area contributed by atoms with Crippen molar-refractivity contribution in [3.8, 4) is 11.5 Å². The third-order valence-corrected chi connectivity index (χ3v) is 2.86. The maximum absolute atomic E-state index is 5.74. The highest BCUT2D eigenvalue weighted by Gasteiger charge is 2.00. The van der Waals surface area contributed by atoms with Gasteiger partial charge in [-0.05, 0) is 42.2 Å². The van der Waals surface area contributed by atoms with Crippen LogP contribution in [0.4, 0.5) is 0 Å². The van der Waals surface area contributed by atoms with Crippen molar-refractivity contribution in [2.24, 2.45) is 5.92 Å². The average molecular weight is 238 g/mol. The maximum atomic E-state index is 5.74. The number of ether oxygens (including phenoxy) is 1. The van der Waals surface area contributed by atoms with E-state index in [0.717, 1.165) is 17.9 Å². The molecule has 1 nitrogen and oxygen atoms in total. The maximum Gasteiger partial charge on any atom is 0.127 e. The van der Waals surface area contributed by atoms with E-state index in [4.69, 9.17) is 4.74 Å². The minimum atomic E-state index is 0.505. The summed E-state index contributed by atoms with van der Waals surface area (Å²) in [7, 11) is 0. The van der Waals surface area contributed by atoms with E-state index >= 15 is 0 Å². The van der Waals surface area contributed by atoms with Crippen LogP contribution in [0.15, 0.2) is 67.3 Å². The van der Waals surface area contributed by atoms with Gasteiger partial charge in [0.2, 0.25) is 0 Å². The third-order valence-electron chi connectivity index (χ3n) is 2.86. The normalized spacial score (nSPS) is 11.8. The Kier molecular flexibility index (Phi) is 4.19. The summed E-state index contributed by atoms with van der Waals surface area (Å²) >= 11 is 0. The van der Waals surface area contributed by atoms with E-state index in [9.17, 15) is 0 Å². The number of hydrogen-bond acceptors (Lipinski definition) is 1. The van der Waals surface area contributed by atoms with Gasteiger partial charge in [-0.15, -0.1) is 6.58 Å². The lowest BCUT2D eigenvalue weighted by atomic mass is 10.0. The van der Waals surface area contributed by atoms with E-state index < -0.39 is 0 Å². The first-order valence-corrected chi connectivity index (χ1v) is 6.22. The van der Waals surface area contributed by atoms with Gasteiger partial charge in [0.1, 0.15) is 11.5 Å². The Bertz CT molecular complexity index is 485. The highest BCUT2D eigenvalue weighted by atomic mass is 16.5.